The number of hydrogen-bond donors (Lipinski definition) is 0. The van der Waals surface area contributed by atoms with E-state index in [1.807, 2.05) is 30.3 Å². The number of rotatable bonds is 1. The Morgan fingerprint density at radius 3 is 2.60 bits per heavy atom. The molecule has 15 heavy (non-hydrogen) atoms. The Morgan fingerprint density at radius 1 is 1.40 bits per heavy atom. The van der Waals surface area contributed by atoms with Crippen molar-refractivity contribution in [3.05, 3.63) is 28.7 Å². The fraction of sp³-hybridized carbons (Fsp3) is 0.273. The minimum absolute atomic E-state index is 0.0835. The van der Waals surface area contributed by atoms with E-state index >= 15 is 0 Å². The Hall–Kier alpha value is -1.34. The molecule has 0 bridgehead atoms. The van der Waals surface area contributed by atoms with Gasteiger partial charge in [-0.05, 0) is 30.7 Å². The monoisotopic (exact) mass is 264 g/mol. The van der Waals surface area contributed by atoms with Crippen LogP contribution in [0.5, 0.6) is 0 Å². The zero-order chi connectivity index (χ0) is 10.8. The Morgan fingerprint density at radius 2 is 2.07 bits per heavy atom. The maximum atomic E-state index is 11.7. The van der Waals surface area contributed by atoms with Crippen molar-refractivity contribution >= 4 is 27.5 Å². The third kappa shape index (κ3) is 1.88. The molecule has 1 fully saturated rings. The van der Waals surface area contributed by atoms with Crippen LogP contribution in [0.1, 0.15) is 6.42 Å². The molecule has 1 unspecified atom stereocenters. The van der Waals surface area contributed by atoms with Crippen LogP contribution in [0.4, 0.5) is 5.69 Å². The zero-order valence-electron chi connectivity index (χ0n) is 7.98. The molecule has 1 aliphatic heterocycles. The average molecular weight is 265 g/mol. The standard InChI is InChI=1S/C11H9BrN2O/c12-9-1-3-10(4-2-9)14-6-5-8(7-13)11(14)15/h1-4,8H,5-6H2. The van der Waals surface area contributed by atoms with Crippen molar-refractivity contribution in [3.8, 4) is 6.07 Å². The summed E-state index contributed by atoms with van der Waals surface area (Å²) in [6.07, 6.45) is 0.630. The maximum absolute atomic E-state index is 11.7. The van der Waals surface area contributed by atoms with Crippen molar-refractivity contribution < 1.29 is 4.79 Å². The molecule has 1 atom stereocenters. The first-order valence-electron chi connectivity index (χ1n) is 4.69. The van der Waals surface area contributed by atoms with Crippen molar-refractivity contribution in [2.24, 2.45) is 5.92 Å². The van der Waals surface area contributed by atoms with Gasteiger partial charge in [-0.25, -0.2) is 0 Å². The van der Waals surface area contributed by atoms with E-state index in [0.717, 1.165) is 10.2 Å². The smallest absolute Gasteiger partial charge is 0.244 e. The number of anilines is 1. The molecule has 0 aromatic heterocycles. The van der Waals surface area contributed by atoms with Gasteiger partial charge < -0.3 is 4.90 Å². The largest absolute Gasteiger partial charge is 0.311 e. The van der Waals surface area contributed by atoms with E-state index in [-0.39, 0.29) is 5.91 Å². The van der Waals surface area contributed by atoms with Crippen LogP contribution in [-0.2, 0) is 4.79 Å². The number of benzene rings is 1. The van der Waals surface area contributed by atoms with Crippen LogP contribution in [0.25, 0.3) is 0 Å². The molecule has 0 radical (unpaired) electrons. The van der Waals surface area contributed by atoms with Crippen LogP contribution in [0, 0.1) is 17.2 Å². The number of carbonyl (C=O) groups excluding carboxylic acids is 1. The molecular formula is C11H9BrN2O. The van der Waals surface area contributed by atoms with E-state index in [0.29, 0.717) is 13.0 Å². The van der Waals surface area contributed by atoms with Crippen LogP contribution >= 0.6 is 15.9 Å². The average Bonchev–Trinajstić information content (AvgIpc) is 2.61. The molecule has 0 aliphatic carbocycles. The van der Waals surface area contributed by atoms with Gasteiger partial charge in [0.1, 0.15) is 5.92 Å². The van der Waals surface area contributed by atoms with Crippen molar-refractivity contribution in [1.82, 2.24) is 0 Å². The number of nitriles is 1. The highest BCUT2D eigenvalue weighted by atomic mass is 79.9. The quantitative estimate of drug-likeness (QED) is 0.782. The summed E-state index contributed by atoms with van der Waals surface area (Å²) in [5.74, 6) is -0.548. The molecule has 1 aliphatic rings. The van der Waals surface area contributed by atoms with E-state index in [1.54, 1.807) is 4.90 Å². The molecule has 1 saturated heterocycles. The SMILES string of the molecule is N#CC1CCN(c2ccc(Br)cc2)C1=O. The van der Waals surface area contributed by atoms with Crippen LogP contribution in [0.2, 0.25) is 0 Å². The van der Waals surface area contributed by atoms with Gasteiger partial charge in [0.15, 0.2) is 0 Å². The summed E-state index contributed by atoms with van der Waals surface area (Å²) in [4.78, 5) is 13.4. The fourth-order valence-electron chi connectivity index (χ4n) is 1.68. The predicted octanol–water partition coefficient (Wildman–Crippen LogP) is 2.33. The fourth-order valence-corrected chi connectivity index (χ4v) is 1.94. The molecule has 76 valence electrons. The molecule has 3 nitrogen and oxygen atoms in total. The van der Waals surface area contributed by atoms with Gasteiger partial charge in [-0.3, -0.25) is 4.79 Å². The van der Waals surface area contributed by atoms with Gasteiger partial charge in [-0.15, -0.1) is 0 Å². The number of halogens is 1. The number of hydrogen-bond acceptors (Lipinski definition) is 2. The molecule has 0 saturated carbocycles. The van der Waals surface area contributed by atoms with E-state index < -0.39 is 5.92 Å². The summed E-state index contributed by atoms with van der Waals surface area (Å²) in [5.41, 5.74) is 0.862. The second kappa shape index (κ2) is 4.03. The third-order valence-electron chi connectivity index (χ3n) is 2.50. The first-order valence-corrected chi connectivity index (χ1v) is 5.48. The summed E-state index contributed by atoms with van der Waals surface area (Å²) in [6.45, 7) is 0.638. The van der Waals surface area contributed by atoms with Crippen molar-refractivity contribution in [2.75, 3.05) is 11.4 Å². The van der Waals surface area contributed by atoms with Gasteiger partial charge in [0, 0.05) is 16.7 Å². The van der Waals surface area contributed by atoms with Crippen LogP contribution in [0.3, 0.4) is 0 Å². The molecule has 1 aromatic carbocycles. The minimum Gasteiger partial charge on any atom is -0.311 e. The molecule has 4 heteroatoms. The third-order valence-corrected chi connectivity index (χ3v) is 3.03. The molecule has 2 rings (SSSR count). The lowest BCUT2D eigenvalue weighted by Crippen LogP contribution is -2.26. The molecule has 1 amide bonds. The first kappa shape index (κ1) is 10.2. The van der Waals surface area contributed by atoms with Gasteiger partial charge in [0.05, 0.1) is 6.07 Å². The Balaban J connectivity index is 2.23. The number of amides is 1. The highest BCUT2D eigenvalue weighted by molar-refractivity contribution is 9.10. The highest BCUT2D eigenvalue weighted by Crippen LogP contribution is 2.25. The molecular weight excluding hydrogens is 256 g/mol. The lowest BCUT2D eigenvalue weighted by molar-refractivity contribution is -0.118. The second-order valence-electron chi connectivity index (χ2n) is 3.44. The molecule has 0 N–H and O–H groups in total. The zero-order valence-corrected chi connectivity index (χ0v) is 9.57. The normalized spacial score (nSPS) is 20.4. The van der Waals surface area contributed by atoms with Gasteiger partial charge in [0.25, 0.3) is 0 Å². The van der Waals surface area contributed by atoms with E-state index in [2.05, 4.69) is 15.9 Å². The minimum atomic E-state index is -0.464. The molecule has 1 heterocycles. The first-order chi connectivity index (χ1) is 7.22. The van der Waals surface area contributed by atoms with Gasteiger partial charge in [0.2, 0.25) is 5.91 Å². The van der Waals surface area contributed by atoms with Crippen LogP contribution < -0.4 is 4.90 Å². The van der Waals surface area contributed by atoms with E-state index in [4.69, 9.17) is 5.26 Å². The topological polar surface area (TPSA) is 44.1 Å². The Kier molecular flexibility index (Phi) is 2.74. The van der Waals surface area contributed by atoms with Crippen LogP contribution in [-0.4, -0.2) is 12.5 Å². The summed E-state index contributed by atoms with van der Waals surface area (Å²) in [5, 5.41) is 8.74. The highest BCUT2D eigenvalue weighted by Gasteiger charge is 2.32. The summed E-state index contributed by atoms with van der Waals surface area (Å²) >= 11 is 3.34. The van der Waals surface area contributed by atoms with Gasteiger partial charge in [-0.1, -0.05) is 15.9 Å². The Labute approximate surface area is 96.4 Å². The van der Waals surface area contributed by atoms with Crippen molar-refractivity contribution in [1.29, 1.82) is 5.26 Å². The Bertz CT molecular complexity index is 421. The maximum Gasteiger partial charge on any atom is 0.244 e. The summed E-state index contributed by atoms with van der Waals surface area (Å²) in [7, 11) is 0. The van der Waals surface area contributed by atoms with Crippen molar-refractivity contribution in [3.63, 3.8) is 0 Å². The number of carbonyl (C=O) groups is 1. The van der Waals surface area contributed by atoms with Gasteiger partial charge >= 0.3 is 0 Å². The summed E-state index contributed by atoms with van der Waals surface area (Å²) < 4.78 is 0.981. The van der Waals surface area contributed by atoms with E-state index in [1.165, 1.54) is 0 Å². The predicted molar refractivity (Wildman–Crippen MR) is 60.2 cm³/mol. The van der Waals surface area contributed by atoms with E-state index in [9.17, 15) is 4.79 Å². The van der Waals surface area contributed by atoms with Gasteiger partial charge in [-0.2, -0.15) is 5.26 Å². The lowest BCUT2D eigenvalue weighted by atomic mass is 10.1. The second-order valence-corrected chi connectivity index (χ2v) is 4.35. The number of nitrogens with zero attached hydrogens (tertiary/aromatic N) is 2. The molecule has 0 spiro atoms. The van der Waals surface area contributed by atoms with Crippen molar-refractivity contribution in [2.45, 2.75) is 6.42 Å². The summed E-state index contributed by atoms with van der Waals surface area (Å²) in [6, 6.07) is 9.56. The van der Waals surface area contributed by atoms with Crippen LogP contribution in [0.15, 0.2) is 28.7 Å². The molecule has 1 aromatic rings. The lowest BCUT2D eigenvalue weighted by Gasteiger charge is -2.15.